The van der Waals surface area contributed by atoms with Crippen LogP contribution in [0, 0.1) is 0 Å². The average molecular weight is 300 g/mol. The lowest BCUT2D eigenvalue weighted by atomic mass is 10.2. The number of imidazole rings is 1. The maximum atomic E-state index is 11.0. The van der Waals surface area contributed by atoms with E-state index in [0.29, 0.717) is 6.54 Å². The molecule has 0 unspecified atom stereocenters. The minimum Gasteiger partial charge on any atom is -0.351 e. The minimum absolute atomic E-state index is 0.0551. The lowest BCUT2D eigenvalue weighted by molar-refractivity contribution is -0.119. The van der Waals surface area contributed by atoms with Gasteiger partial charge in [-0.3, -0.25) is 9.69 Å². The molecular weight excluding hydrogens is 280 g/mol. The first kappa shape index (κ1) is 14.6. The van der Waals surface area contributed by atoms with Crippen LogP contribution < -0.4 is 5.32 Å². The van der Waals surface area contributed by atoms with Gasteiger partial charge in [0.05, 0.1) is 24.8 Å². The zero-order chi connectivity index (χ0) is 15.4. The van der Waals surface area contributed by atoms with E-state index in [0.717, 1.165) is 43.3 Å². The number of amides is 1. The van der Waals surface area contributed by atoms with E-state index < -0.39 is 0 Å². The quantitative estimate of drug-likeness (QED) is 0.865. The molecule has 0 aromatic carbocycles. The first-order valence-corrected chi connectivity index (χ1v) is 7.51. The summed E-state index contributed by atoms with van der Waals surface area (Å²) < 4.78 is 0. The molecule has 0 bridgehead atoms. The molecule has 3 rings (SSSR count). The highest BCUT2D eigenvalue weighted by Crippen LogP contribution is 2.30. The summed E-state index contributed by atoms with van der Waals surface area (Å²) in [4.78, 5) is 29.8. The van der Waals surface area contributed by atoms with Crippen LogP contribution in [0.2, 0.25) is 0 Å². The van der Waals surface area contributed by atoms with Gasteiger partial charge in [-0.1, -0.05) is 0 Å². The molecule has 0 spiro atoms. The molecule has 1 amide bonds. The van der Waals surface area contributed by atoms with Crippen LogP contribution in [0.3, 0.4) is 0 Å². The van der Waals surface area contributed by atoms with E-state index in [4.69, 9.17) is 0 Å². The van der Waals surface area contributed by atoms with Crippen molar-refractivity contribution in [3.8, 4) is 0 Å². The van der Waals surface area contributed by atoms with E-state index in [1.807, 2.05) is 12.3 Å². The van der Waals surface area contributed by atoms with Gasteiger partial charge in [0.1, 0.15) is 11.6 Å². The molecule has 0 radical (unpaired) electrons. The lowest BCUT2D eigenvalue weighted by Crippen LogP contribution is -2.26. The summed E-state index contributed by atoms with van der Waals surface area (Å²) in [5.74, 6) is 1.73. The second kappa shape index (κ2) is 6.65. The molecule has 7 nitrogen and oxygen atoms in total. The number of hydrogen-bond donors (Lipinski definition) is 2. The predicted octanol–water partition coefficient (Wildman–Crippen LogP) is 1.17. The smallest absolute Gasteiger partial charge is 0.217 e. The molecule has 1 saturated heterocycles. The van der Waals surface area contributed by atoms with E-state index in [9.17, 15) is 4.79 Å². The van der Waals surface area contributed by atoms with Crippen molar-refractivity contribution < 1.29 is 4.79 Å². The number of carbonyl (C=O) groups is 1. The molecule has 1 aliphatic heterocycles. The Morgan fingerprint density at radius 3 is 3.14 bits per heavy atom. The largest absolute Gasteiger partial charge is 0.351 e. The summed E-state index contributed by atoms with van der Waals surface area (Å²) >= 11 is 0. The van der Waals surface area contributed by atoms with Crippen molar-refractivity contribution in [1.82, 2.24) is 30.2 Å². The molecule has 7 heteroatoms. The highest BCUT2D eigenvalue weighted by molar-refractivity contribution is 5.72. The van der Waals surface area contributed by atoms with Crippen molar-refractivity contribution in [2.75, 3.05) is 6.54 Å². The second-order valence-electron chi connectivity index (χ2n) is 5.48. The third kappa shape index (κ3) is 3.48. The van der Waals surface area contributed by atoms with E-state index >= 15 is 0 Å². The highest BCUT2D eigenvalue weighted by Gasteiger charge is 2.28. The zero-order valence-electron chi connectivity index (χ0n) is 12.6. The number of aromatic nitrogens is 4. The van der Waals surface area contributed by atoms with E-state index in [1.165, 1.54) is 6.92 Å². The number of nitrogens with zero attached hydrogens (tertiary/aromatic N) is 4. The van der Waals surface area contributed by atoms with Crippen molar-refractivity contribution in [1.29, 1.82) is 0 Å². The number of rotatable bonds is 5. The van der Waals surface area contributed by atoms with Gasteiger partial charge < -0.3 is 10.3 Å². The van der Waals surface area contributed by atoms with Gasteiger partial charge >= 0.3 is 0 Å². The standard InChI is InChI=1S/C15H20N6O/c1-11(22)19-9-12-4-5-18-15(20-12)13-3-2-8-21(13)10-14-16-6-7-17-14/h4-7,13H,2-3,8-10H2,1H3,(H,16,17)(H,19,22)/t13-/m0/s1. The van der Waals surface area contributed by atoms with Crippen LogP contribution in [-0.4, -0.2) is 37.3 Å². The van der Waals surface area contributed by atoms with Gasteiger partial charge in [-0.25, -0.2) is 15.0 Å². The van der Waals surface area contributed by atoms with Crippen molar-refractivity contribution in [3.63, 3.8) is 0 Å². The topological polar surface area (TPSA) is 86.8 Å². The van der Waals surface area contributed by atoms with E-state index in [2.05, 4.69) is 30.2 Å². The molecule has 1 atom stereocenters. The number of hydrogen-bond acceptors (Lipinski definition) is 5. The third-order valence-corrected chi connectivity index (χ3v) is 3.82. The normalized spacial score (nSPS) is 18.5. The van der Waals surface area contributed by atoms with Crippen LogP contribution >= 0.6 is 0 Å². The lowest BCUT2D eigenvalue weighted by Gasteiger charge is -2.22. The van der Waals surface area contributed by atoms with Crippen LogP contribution in [0.4, 0.5) is 0 Å². The Hall–Kier alpha value is -2.28. The van der Waals surface area contributed by atoms with Crippen LogP contribution in [-0.2, 0) is 17.9 Å². The van der Waals surface area contributed by atoms with E-state index in [-0.39, 0.29) is 11.9 Å². The Bertz CT molecular complexity index is 627. The minimum atomic E-state index is -0.0551. The first-order valence-electron chi connectivity index (χ1n) is 7.51. The van der Waals surface area contributed by atoms with Gasteiger partial charge in [-0.15, -0.1) is 0 Å². The Labute approximate surface area is 129 Å². The predicted molar refractivity (Wildman–Crippen MR) is 80.5 cm³/mol. The van der Waals surface area contributed by atoms with Crippen molar-refractivity contribution in [2.24, 2.45) is 0 Å². The molecule has 2 N–H and O–H groups in total. The number of aromatic amines is 1. The van der Waals surface area contributed by atoms with Crippen LogP contribution in [0.5, 0.6) is 0 Å². The number of likely N-dealkylation sites (tertiary alicyclic amines) is 1. The fourth-order valence-electron chi connectivity index (χ4n) is 2.77. The second-order valence-corrected chi connectivity index (χ2v) is 5.48. The summed E-state index contributed by atoms with van der Waals surface area (Å²) in [5, 5.41) is 2.77. The summed E-state index contributed by atoms with van der Waals surface area (Å²) in [6, 6.07) is 2.05. The van der Waals surface area contributed by atoms with Gasteiger partial charge in [0.2, 0.25) is 5.91 Å². The summed E-state index contributed by atoms with van der Waals surface area (Å²) in [7, 11) is 0. The molecule has 2 aromatic heterocycles. The van der Waals surface area contributed by atoms with Gasteiger partial charge in [0.15, 0.2) is 0 Å². The molecular formula is C15H20N6O. The van der Waals surface area contributed by atoms with Gasteiger partial charge in [-0.2, -0.15) is 0 Å². The Kier molecular flexibility index (Phi) is 4.43. The summed E-state index contributed by atoms with van der Waals surface area (Å²) in [5.41, 5.74) is 0.838. The van der Waals surface area contributed by atoms with Crippen LogP contribution in [0.25, 0.3) is 0 Å². The Morgan fingerprint density at radius 2 is 2.36 bits per heavy atom. The zero-order valence-corrected chi connectivity index (χ0v) is 12.6. The fraction of sp³-hybridized carbons (Fsp3) is 0.467. The SMILES string of the molecule is CC(=O)NCc1ccnc([C@@H]2CCCN2Cc2ncc[nH]2)n1. The number of nitrogens with one attached hydrogen (secondary N) is 2. The number of H-pyrrole nitrogens is 1. The van der Waals surface area contributed by atoms with Crippen molar-refractivity contribution in [3.05, 3.63) is 42.0 Å². The molecule has 2 aromatic rings. The van der Waals surface area contributed by atoms with Crippen molar-refractivity contribution >= 4 is 5.91 Å². The third-order valence-electron chi connectivity index (χ3n) is 3.82. The summed E-state index contributed by atoms with van der Waals surface area (Å²) in [6.45, 7) is 3.74. The first-order chi connectivity index (χ1) is 10.7. The van der Waals surface area contributed by atoms with Gasteiger partial charge in [0, 0.05) is 25.5 Å². The van der Waals surface area contributed by atoms with Crippen molar-refractivity contribution in [2.45, 2.75) is 38.9 Å². The number of carbonyl (C=O) groups excluding carboxylic acids is 1. The molecule has 1 aliphatic rings. The Balaban J connectivity index is 1.71. The molecule has 116 valence electrons. The van der Waals surface area contributed by atoms with E-state index in [1.54, 1.807) is 12.4 Å². The molecule has 1 fully saturated rings. The molecule has 0 saturated carbocycles. The van der Waals surface area contributed by atoms with Crippen LogP contribution in [0.15, 0.2) is 24.7 Å². The Morgan fingerprint density at radius 1 is 1.45 bits per heavy atom. The maximum absolute atomic E-state index is 11.0. The van der Waals surface area contributed by atoms with Crippen LogP contribution in [0.1, 0.15) is 43.1 Å². The fourth-order valence-corrected chi connectivity index (χ4v) is 2.77. The molecule has 0 aliphatic carbocycles. The van der Waals surface area contributed by atoms with Gasteiger partial charge in [0.25, 0.3) is 0 Å². The monoisotopic (exact) mass is 300 g/mol. The maximum Gasteiger partial charge on any atom is 0.217 e. The highest BCUT2D eigenvalue weighted by atomic mass is 16.1. The average Bonchev–Trinajstić information content (AvgIpc) is 3.18. The van der Waals surface area contributed by atoms with Gasteiger partial charge in [-0.05, 0) is 25.5 Å². The summed E-state index contributed by atoms with van der Waals surface area (Å²) in [6.07, 6.45) is 7.55. The molecule has 3 heterocycles. The molecule has 22 heavy (non-hydrogen) atoms.